The molecule has 8 aliphatic rings. The Morgan fingerprint density at radius 2 is 1.21 bits per heavy atom. The van der Waals surface area contributed by atoms with Gasteiger partial charge in [0.1, 0.15) is 54.9 Å². The van der Waals surface area contributed by atoms with E-state index in [1.54, 1.807) is 0 Å². The standard InChI is InChI=1S/C48H76O19/c1-20-27(51)28(52)33(57)40(62-20)66-37-32(56)30(54)35(39(60)61)65-42(37)67-36-31(55)29(53)34(38(58)59)64-41(36)63-26-12-13-45(5)23(46(26,6)19-49)11-14-48(8)24(45)10-9-21-22-17-43(2,3)25(50)18-44(22,4)15-16-47(21,48)7/h9,20,22-37,40-42,49-57H,10-19H2,1-8H3,(H,58,59)(H,60,61)/t20-,22-,23+,24+,25-,26-,27-,28+,29-,30-,31-,32-,33+,34-,35-,36+,37+,40-,41+,42-,44-,45-,46+,47+,48+/m0/s1. The van der Waals surface area contributed by atoms with Crippen LogP contribution in [0.4, 0.5) is 0 Å². The van der Waals surface area contributed by atoms with Crippen LogP contribution < -0.4 is 0 Å². The number of rotatable bonds is 9. The molecule has 3 aliphatic heterocycles. The van der Waals surface area contributed by atoms with E-state index in [1.807, 2.05) is 6.92 Å². The summed E-state index contributed by atoms with van der Waals surface area (Å²) in [6.07, 6.45) is -20.2. The van der Waals surface area contributed by atoms with Gasteiger partial charge >= 0.3 is 11.9 Å². The average Bonchev–Trinajstić information content (AvgIpc) is 3.25. The van der Waals surface area contributed by atoms with Crippen LogP contribution in [0.15, 0.2) is 11.6 Å². The maximum atomic E-state index is 12.5. The number of carboxylic acid groups (broad SMARTS) is 2. The second kappa shape index (κ2) is 17.7. The van der Waals surface area contributed by atoms with Crippen molar-refractivity contribution in [3.8, 4) is 0 Å². The SMILES string of the molecule is C[C@@H]1O[C@@H](O[C@H]2[C@H](O[C@H]3[C@H](O[C@H]4CC[C@@]5(C)[C@@H](CC[C@]6(C)[C@@H]5CC=C5[C@@H]7CC(C)(C)[C@@H](O)C[C@]7(C)CC[C@]56C)[C@@]4(C)CO)O[C@H](C(=O)O)[C@@H](O)[C@@H]3O)O[C@H](C(=O)O)[C@@H](O)[C@@H]2O)[C@H](O)[C@H](O)[C@H]1O. The molecule has 11 N–H and O–H groups in total. The number of carboxylic acids is 2. The van der Waals surface area contributed by atoms with Crippen LogP contribution in [-0.4, -0.2) is 179 Å². The number of hydrogen-bond acceptors (Lipinski definition) is 17. The van der Waals surface area contributed by atoms with Gasteiger partial charge in [0.2, 0.25) is 0 Å². The Morgan fingerprint density at radius 3 is 1.78 bits per heavy atom. The van der Waals surface area contributed by atoms with Gasteiger partial charge in [0.05, 0.1) is 24.9 Å². The van der Waals surface area contributed by atoms with Crippen LogP contribution in [0, 0.1) is 50.2 Å². The molecule has 3 saturated heterocycles. The largest absolute Gasteiger partial charge is 0.479 e. The number of allylic oxidation sites excluding steroid dienone is 2. The van der Waals surface area contributed by atoms with Crippen molar-refractivity contribution in [2.45, 2.75) is 218 Å². The summed E-state index contributed by atoms with van der Waals surface area (Å²) >= 11 is 0. The van der Waals surface area contributed by atoms with Gasteiger partial charge in [-0.05, 0) is 110 Å². The van der Waals surface area contributed by atoms with Crippen LogP contribution in [-0.2, 0) is 38.0 Å². The van der Waals surface area contributed by atoms with E-state index in [0.717, 1.165) is 44.9 Å². The summed E-state index contributed by atoms with van der Waals surface area (Å²) in [7, 11) is 0. The number of aliphatic carboxylic acids is 2. The van der Waals surface area contributed by atoms with E-state index in [4.69, 9.17) is 28.4 Å². The molecule has 3 heterocycles. The first-order valence-electron chi connectivity index (χ1n) is 24.2. The molecule has 19 nitrogen and oxygen atoms in total. The Labute approximate surface area is 391 Å². The molecule has 0 aromatic rings. The summed E-state index contributed by atoms with van der Waals surface area (Å²) in [6, 6.07) is 0. The number of ether oxygens (including phenoxy) is 6. The monoisotopic (exact) mass is 956 g/mol. The molecule has 0 aromatic heterocycles. The van der Waals surface area contributed by atoms with Crippen molar-refractivity contribution in [2.75, 3.05) is 6.61 Å². The second-order valence-corrected chi connectivity index (χ2v) is 23.6. The lowest BCUT2D eigenvalue weighted by molar-refractivity contribution is -0.393. The zero-order valence-electron chi connectivity index (χ0n) is 39.9. The van der Waals surface area contributed by atoms with Crippen molar-refractivity contribution in [3.63, 3.8) is 0 Å². The third-order valence-corrected chi connectivity index (χ3v) is 19.6. The fraction of sp³-hybridized carbons (Fsp3) is 0.917. The molecular weight excluding hydrogens is 881 g/mol. The van der Waals surface area contributed by atoms with Crippen LogP contribution in [0.1, 0.15) is 113 Å². The first-order chi connectivity index (χ1) is 31.1. The lowest BCUT2D eigenvalue weighted by Gasteiger charge is -2.71. The van der Waals surface area contributed by atoms with Crippen molar-refractivity contribution in [3.05, 3.63) is 11.6 Å². The van der Waals surface area contributed by atoms with Gasteiger partial charge in [0, 0.05) is 5.41 Å². The predicted molar refractivity (Wildman–Crippen MR) is 231 cm³/mol. The third-order valence-electron chi connectivity index (χ3n) is 19.6. The molecular formula is C48H76O19. The molecule has 382 valence electrons. The first kappa shape index (κ1) is 51.4. The topological polar surface area (TPSA) is 312 Å². The number of hydrogen-bond donors (Lipinski definition) is 11. The maximum absolute atomic E-state index is 12.5. The van der Waals surface area contributed by atoms with E-state index < -0.39 is 116 Å². The molecule has 25 atom stereocenters. The van der Waals surface area contributed by atoms with E-state index in [0.29, 0.717) is 18.8 Å². The molecule has 4 saturated carbocycles. The summed E-state index contributed by atoms with van der Waals surface area (Å²) in [6.45, 7) is 16.9. The highest BCUT2D eigenvalue weighted by Gasteiger charge is 2.69. The number of aliphatic hydroxyl groups excluding tert-OH is 9. The van der Waals surface area contributed by atoms with Gasteiger partial charge in [-0.15, -0.1) is 0 Å². The van der Waals surface area contributed by atoms with Gasteiger partial charge in [-0.25, -0.2) is 9.59 Å². The fourth-order valence-electron chi connectivity index (χ4n) is 15.0. The Kier molecular flexibility index (Phi) is 13.6. The van der Waals surface area contributed by atoms with Gasteiger partial charge < -0.3 is 84.6 Å². The number of aliphatic hydroxyl groups is 9. The van der Waals surface area contributed by atoms with E-state index in [1.165, 1.54) is 12.5 Å². The minimum atomic E-state index is -2.16. The van der Waals surface area contributed by atoms with Gasteiger partial charge in [-0.1, -0.05) is 60.1 Å². The summed E-state index contributed by atoms with van der Waals surface area (Å²) in [4.78, 5) is 24.7. The highest BCUT2D eigenvalue weighted by atomic mass is 16.8. The summed E-state index contributed by atoms with van der Waals surface area (Å²) < 4.78 is 35.7. The molecule has 8 rings (SSSR count). The lowest BCUT2D eigenvalue weighted by atomic mass is 9.33. The minimum absolute atomic E-state index is 0.0105. The third kappa shape index (κ3) is 7.97. The zero-order chi connectivity index (χ0) is 49.3. The molecule has 0 spiro atoms. The molecule has 0 radical (unpaired) electrons. The summed E-state index contributed by atoms with van der Waals surface area (Å²) in [5, 5.41) is 119. The van der Waals surface area contributed by atoms with Crippen LogP contribution in [0.3, 0.4) is 0 Å². The van der Waals surface area contributed by atoms with E-state index in [-0.39, 0.29) is 51.6 Å². The smallest absolute Gasteiger partial charge is 0.335 e. The highest BCUT2D eigenvalue weighted by molar-refractivity contribution is 5.74. The fourth-order valence-corrected chi connectivity index (χ4v) is 15.0. The van der Waals surface area contributed by atoms with Crippen molar-refractivity contribution < 1.29 is 94.2 Å². The van der Waals surface area contributed by atoms with Crippen LogP contribution in [0.5, 0.6) is 0 Å². The van der Waals surface area contributed by atoms with E-state index >= 15 is 0 Å². The molecule has 19 heteroatoms. The minimum Gasteiger partial charge on any atom is -0.479 e. The van der Waals surface area contributed by atoms with Crippen molar-refractivity contribution in [2.24, 2.45) is 50.2 Å². The Hall–Kier alpha value is -1.92. The maximum Gasteiger partial charge on any atom is 0.335 e. The highest BCUT2D eigenvalue weighted by Crippen LogP contribution is 2.76. The van der Waals surface area contributed by atoms with Crippen molar-refractivity contribution in [1.29, 1.82) is 0 Å². The number of fused-ring (bicyclic) bond motifs is 7. The van der Waals surface area contributed by atoms with Gasteiger partial charge in [-0.2, -0.15) is 0 Å². The molecule has 67 heavy (non-hydrogen) atoms. The van der Waals surface area contributed by atoms with Gasteiger partial charge in [0.15, 0.2) is 31.1 Å². The predicted octanol–water partition coefficient (Wildman–Crippen LogP) is 0.797. The van der Waals surface area contributed by atoms with Crippen LogP contribution >= 0.6 is 0 Å². The molecule has 0 amide bonds. The Balaban J connectivity index is 1.08. The van der Waals surface area contributed by atoms with E-state index in [2.05, 4.69) is 47.6 Å². The van der Waals surface area contributed by atoms with Crippen molar-refractivity contribution in [1.82, 2.24) is 0 Å². The van der Waals surface area contributed by atoms with Gasteiger partial charge in [-0.3, -0.25) is 0 Å². The molecule has 0 bridgehead atoms. The van der Waals surface area contributed by atoms with E-state index in [9.17, 15) is 65.8 Å². The van der Waals surface area contributed by atoms with Crippen molar-refractivity contribution >= 4 is 11.9 Å². The normalized spacial score (nSPS) is 55.2. The Bertz CT molecular complexity index is 1900. The number of carbonyl (C=O) groups is 2. The first-order valence-corrected chi connectivity index (χ1v) is 24.2. The van der Waals surface area contributed by atoms with Gasteiger partial charge in [0.25, 0.3) is 0 Å². The average molecular weight is 957 g/mol. The zero-order valence-corrected chi connectivity index (χ0v) is 39.9. The molecule has 5 aliphatic carbocycles. The second-order valence-electron chi connectivity index (χ2n) is 23.6. The summed E-state index contributed by atoms with van der Waals surface area (Å²) in [5.74, 6) is -2.90. The summed E-state index contributed by atoms with van der Waals surface area (Å²) in [5.41, 5.74) is -0.119. The van der Waals surface area contributed by atoms with Crippen LogP contribution in [0.2, 0.25) is 0 Å². The van der Waals surface area contributed by atoms with Crippen LogP contribution in [0.25, 0.3) is 0 Å². The molecule has 0 unspecified atom stereocenters. The lowest BCUT2D eigenvalue weighted by Crippen LogP contribution is -2.68. The molecule has 0 aromatic carbocycles. The Morgan fingerprint density at radius 1 is 0.642 bits per heavy atom. The molecule has 7 fully saturated rings. The quantitative estimate of drug-likeness (QED) is 0.112.